The van der Waals surface area contributed by atoms with Crippen molar-refractivity contribution < 1.29 is 9.53 Å². The van der Waals surface area contributed by atoms with E-state index < -0.39 is 0 Å². The highest BCUT2D eigenvalue weighted by molar-refractivity contribution is 5.80. The second-order valence-corrected chi connectivity index (χ2v) is 5.42. The highest BCUT2D eigenvalue weighted by Crippen LogP contribution is 2.61. The molecule has 0 aromatic heterocycles. The van der Waals surface area contributed by atoms with Gasteiger partial charge in [-0.05, 0) is 19.4 Å². The summed E-state index contributed by atoms with van der Waals surface area (Å²) in [5.74, 6) is 0.0843. The summed E-state index contributed by atoms with van der Waals surface area (Å²) in [5, 5.41) is 0. The second kappa shape index (κ2) is 4.60. The zero-order valence-electron chi connectivity index (χ0n) is 11.4. The molecule has 2 heteroatoms. The molecule has 1 aliphatic carbocycles. The van der Waals surface area contributed by atoms with E-state index in [1.807, 2.05) is 18.2 Å². The molecule has 0 aliphatic heterocycles. The van der Waals surface area contributed by atoms with E-state index >= 15 is 0 Å². The molecule has 96 valence electrons. The maximum absolute atomic E-state index is 11.9. The quantitative estimate of drug-likeness (QED) is 0.602. The lowest BCUT2D eigenvalue weighted by Gasteiger charge is -2.11. The fourth-order valence-corrected chi connectivity index (χ4v) is 2.86. The first-order chi connectivity index (χ1) is 8.51. The van der Waals surface area contributed by atoms with E-state index in [0.29, 0.717) is 0 Å². The minimum Gasteiger partial charge on any atom is -0.469 e. The zero-order valence-corrected chi connectivity index (χ0v) is 11.4. The number of rotatable bonds is 3. The molecule has 0 bridgehead atoms. The average Bonchev–Trinajstić information content (AvgIpc) is 2.95. The van der Waals surface area contributed by atoms with Gasteiger partial charge in [0.05, 0.1) is 13.0 Å². The number of allylic oxidation sites excluding steroid dienone is 2. The maximum Gasteiger partial charge on any atom is 0.310 e. The summed E-state index contributed by atoms with van der Waals surface area (Å²) in [4.78, 5) is 11.9. The van der Waals surface area contributed by atoms with Gasteiger partial charge in [-0.1, -0.05) is 48.9 Å². The van der Waals surface area contributed by atoms with Gasteiger partial charge in [-0.3, -0.25) is 4.79 Å². The van der Waals surface area contributed by atoms with Crippen LogP contribution in [-0.4, -0.2) is 13.1 Å². The minimum atomic E-state index is -0.119. The van der Waals surface area contributed by atoms with E-state index in [-0.39, 0.29) is 23.2 Å². The van der Waals surface area contributed by atoms with Crippen LogP contribution in [0, 0.1) is 11.8 Å². The first kappa shape index (κ1) is 12.9. The molecular weight excluding hydrogens is 224 g/mol. The Labute approximate surface area is 109 Å². The highest BCUT2D eigenvalue weighted by Gasteiger charge is 2.65. The summed E-state index contributed by atoms with van der Waals surface area (Å²) >= 11 is 0. The molecule has 0 N–H and O–H groups in total. The van der Waals surface area contributed by atoms with E-state index in [1.54, 1.807) is 0 Å². The molecule has 1 aliphatic rings. The number of hydrogen-bond acceptors (Lipinski definition) is 2. The van der Waals surface area contributed by atoms with Crippen LogP contribution in [0.15, 0.2) is 42.0 Å². The zero-order chi connectivity index (χ0) is 13.3. The van der Waals surface area contributed by atoms with E-state index in [1.165, 1.54) is 18.2 Å². The smallest absolute Gasteiger partial charge is 0.310 e. The van der Waals surface area contributed by atoms with Gasteiger partial charge in [0.2, 0.25) is 0 Å². The van der Waals surface area contributed by atoms with Gasteiger partial charge in [0.25, 0.3) is 0 Å². The molecule has 3 unspecified atom stereocenters. The number of esters is 1. The lowest BCUT2D eigenvalue weighted by Crippen LogP contribution is -2.12. The van der Waals surface area contributed by atoms with Crippen LogP contribution in [0.2, 0.25) is 0 Å². The molecule has 0 radical (unpaired) electrons. The summed E-state index contributed by atoms with van der Waals surface area (Å²) in [7, 11) is 1.46. The third-order valence-electron chi connectivity index (χ3n) is 3.95. The SMILES string of the molecule is COC(=O)C1C(C=C(C)C)C1(C)c1ccccc1. The van der Waals surface area contributed by atoms with Crippen LogP contribution < -0.4 is 0 Å². The highest BCUT2D eigenvalue weighted by atomic mass is 16.5. The molecule has 1 aromatic rings. The number of hydrogen-bond donors (Lipinski definition) is 0. The van der Waals surface area contributed by atoms with Crippen molar-refractivity contribution in [1.29, 1.82) is 0 Å². The fraction of sp³-hybridized carbons (Fsp3) is 0.438. The predicted molar refractivity (Wildman–Crippen MR) is 72.2 cm³/mol. The lowest BCUT2D eigenvalue weighted by molar-refractivity contribution is -0.142. The second-order valence-electron chi connectivity index (χ2n) is 5.42. The normalized spacial score (nSPS) is 29.6. The maximum atomic E-state index is 11.9. The Kier molecular flexibility index (Phi) is 3.29. The van der Waals surface area contributed by atoms with Gasteiger partial charge in [-0.25, -0.2) is 0 Å². The third kappa shape index (κ3) is 1.96. The van der Waals surface area contributed by atoms with Crippen LogP contribution in [0.5, 0.6) is 0 Å². The summed E-state index contributed by atoms with van der Waals surface area (Å²) in [6.45, 7) is 6.28. The van der Waals surface area contributed by atoms with Crippen molar-refractivity contribution in [2.24, 2.45) is 11.8 Å². The topological polar surface area (TPSA) is 26.3 Å². The molecule has 18 heavy (non-hydrogen) atoms. The lowest BCUT2D eigenvalue weighted by atomic mass is 9.93. The monoisotopic (exact) mass is 244 g/mol. The summed E-state index contributed by atoms with van der Waals surface area (Å²) < 4.78 is 4.93. The molecule has 1 fully saturated rings. The molecule has 1 aromatic carbocycles. The van der Waals surface area contributed by atoms with E-state index in [4.69, 9.17) is 4.74 Å². The number of methoxy groups -OCH3 is 1. The standard InChI is InChI=1S/C16H20O2/c1-11(2)10-13-14(15(17)18-4)16(13,3)12-8-6-5-7-9-12/h5-10,13-14H,1-4H3. The number of carbonyl (C=O) groups is 1. The van der Waals surface area contributed by atoms with E-state index in [9.17, 15) is 4.79 Å². The Morgan fingerprint density at radius 2 is 1.89 bits per heavy atom. The van der Waals surface area contributed by atoms with Crippen molar-refractivity contribution in [1.82, 2.24) is 0 Å². The van der Waals surface area contributed by atoms with Crippen LogP contribution >= 0.6 is 0 Å². The molecule has 1 saturated carbocycles. The number of benzene rings is 1. The Morgan fingerprint density at radius 1 is 1.28 bits per heavy atom. The molecule has 2 rings (SSSR count). The minimum absolute atomic E-state index is 0.0557. The molecule has 2 nitrogen and oxygen atoms in total. The van der Waals surface area contributed by atoms with Gasteiger partial charge in [-0.15, -0.1) is 0 Å². The van der Waals surface area contributed by atoms with Crippen molar-refractivity contribution in [2.45, 2.75) is 26.2 Å². The van der Waals surface area contributed by atoms with Gasteiger partial charge in [0.15, 0.2) is 0 Å². The summed E-state index contributed by atoms with van der Waals surface area (Å²) in [6.07, 6.45) is 2.19. The summed E-state index contributed by atoms with van der Waals surface area (Å²) in [5.41, 5.74) is 2.34. The Balaban J connectivity index is 2.36. The Morgan fingerprint density at radius 3 is 2.39 bits per heavy atom. The third-order valence-corrected chi connectivity index (χ3v) is 3.95. The van der Waals surface area contributed by atoms with Crippen molar-refractivity contribution in [3.05, 3.63) is 47.5 Å². The van der Waals surface area contributed by atoms with Crippen molar-refractivity contribution in [3.63, 3.8) is 0 Å². The van der Waals surface area contributed by atoms with Gasteiger partial charge < -0.3 is 4.74 Å². The molecule has 0 spiro atoms. The molecular formula is C16H20O2. The Bertz CT molecular complexity index is 471. The number of carbonyl (C=O) groups excluding carboxylic acids is 1. The first-order valence-electron chi connectivity index (χ1n) is 6.30. The van der Waals surface area contributed by atoms with E-state index in [2.05, 4.69) is 39.0 Å². The first-order valence-corrected chi connectivity index (χ1v) is 6.30. The van der Waals surface area contributed by atoms with Gasteiger partial charge in [0, 0.05) is 11.3 Å². The van der Waals surface area contributed by atoms with Crippen molar-refractivity contribution in [3.8, 4) is 0 Å². The Hall–Kier alpha value is -1.57. The van der Waals surface area contributed by atoms with Crippen LogP contribution in [0.3, 0.4) is 0 Å². The number of ether oxygens (including phenoxy) is 1. The molecule has 0 amide bonds. The van der Waals surface area contributed by atoms with Gasteiger partial charge >= 0.3 is 5.97 Å². The summed E-state index contributed by atoms with van der Waals surface area (Å²) in [6, 6.07) is 10.2. The predicted octanol–water partition coefficient (Wildman–Crippen LogP) is 3.33. The molecule has 0 heterocycles. The van der Waals surface area contributed by atoms with Crippen LogP contribution in [0.1, 0.15) is 26.3 Å². The van der Waals surface area contributed by atoms with Gasteiger partial charge in [0.1, 0.15) is 0 Å². The van der Waals surface area contributed by atoms with Crippen LogP contribution in [0.25, 0.3) is 0 Å². The average molecular weight is 244 g/mol. The molecule has 0 saturated heterocycles. The van der Waals surface area contributed by atoms with Crippen molar-refractivity contribution >= 4 is 5.97 Å². The fourth-order valence-electron chi connectivity index (χ4n) is 2.86. The molecule has 3 atom stereocenters. The van der Waals surface area contributed by atoms with Crippen LogP contribution in [0.4, 0.5) is 0 Å². The van der Waals surface area contributed by atoms with Gasteiger partial charge in [-0.2, -0.15) is 0 Å². The largest absolute Gasteiger partial charge is 0.469 e. The van der Waals surface area contributed by atoms with Crippen molar-refractivity contribution in [2.75, 3.05) is 7.11 Å². The van der Waals surface area contributed by atoms with E-state index in [0.717, 1.165) is 0 Å². The van der Waals surface area contributed by atoms with Crippen LogP contribution in [-0.2, 0) is 14.9 Å².